The Labute approximate surface area is 57.4 Å². The van der Waals surface area contributed by atoms with Crippen LogP contribution in [0, 0.1) is 0 Å². The monoisotopic (exact) mass is 146 g/mol. The summed E-state index contributed by atoms with van der Waals surface area (Å²) in [6.45, 7) is 0.391. The molecule has 0 spiro atoms. The van der Waals surface area contributed by atoms with Crippen LogP contribution in [0.3, 0.4) is 0 Å². The molecular formula is C6H8F2N2. The lowest BCUT2D eigenvalue weighted by Gasteiger charge is -2.08. The third-order valence-corrected chi connectivity index (χ3v) is 1.31. The number of hydrogen-bond donors (Lipinski definition) is 1. The molecule has 0 aliphatic carbocycles. The Morgan fingerprint density at radius 1 is 1.60 bits per heavy atom. The third-order valence-electron chi connectivity index (χ3n) is 1.31. The van der Waals surface area contributed by atoms with E-state index in [9.17, 15) is 8.78 Å². The van der Waals surface area contributed by atoms with E-state index < -0.39 is 6.43 Å². The first-order valence-corrected chi connectivity index (χ1v) is 2.98. The van der Waals surface area contributed by atoms with Crippen LogP contribution in [0.25, 0.3) is 0 Å². The second-order valence-electron chi connectivity index (χ2n) is 2.08. The van der Waals surface area contributed by atoms with Crippen molar-refractivity contribution in [3.63, 3.8) is 0 Å². The van der Waals surface area contributed by atoms with Gasteiger partial charge in [-0.2, -0.15) is 0 Å². The van der Waals surface area contributed by atoms with Gasteiger partial charge in [0.2, 0.25) is 0 Å². The van der Waals surface area contributed by atoms with Gasteiger partial charge in [-0.25, -0.2) is 8.78 Å². The quantitative estimate of drug-likeness (QED) is 0.587. The number of amidine groups is 1. The minimum absolute atomic E-state index is 0.0903. The molecule has 0 amide bonds. The Hall–Kier alpha value is -0.930. The van der Waals surface area contributed by atoms with E-state index in [1.165, 1.54) is 6.08 Å². The van der Waals surface area contributed by atoms with E-state index in [4.69, 9.17) is 5.73 Å². The lowest BCUT2D eigenvalue weighted by molar-refractivity contribution is 0.185. The summed E-state index contributed by atoms with van der Waals surface area (Å²) >= 11 is 0. The largest absolute Gasteiger partial charge is 0.384 e. The molecule has 0 saturated heterocycles. The molecule has 1 aliphatic heterocycles. The fraction of sp³-hybridized carbons (Fsp3) is 0.500. The summed E-state index contributed by atoms with van der Waals surface area (Å²) in [6, 6.07) is 0. The van der Waals surface area contributed by atoms with Crippen molar-refractivity contribution in [3.05, 3.63) is 11.6 Å². The topological polar surface area (TPSA) is 38.4 Å². The first kappa shape index (κ1) is 7.18. The highest BCUT2D eigenvalue weighted by Crippen LogP contribution is 2.14. The van der Waals surface area contributed by atoms with Gasteiger partial charge < -0.3 is 5.73 Å². The molecule has 56 valence electrons. The molecule has 1 heterocycles. The second kappa shape index (κ2) is 2.77. The molecule has 1 aliphatic rings. The molecule has 0 fully saturated rings. The normalized spacial score (nSPS) is 18.7. The number of aliphatic imine (C=N–C) groups is 1. The fourth-order valence-electron chi connectivity index (χ4n) is 0.794. The van der Waals surface area contributed by atoms with Crippen LogP contribution in [0.1, 0.15) is 6.42 Å². The Morgan fingerprint density at radius 3 is 2.70 bits per heavy atom. The summed E-state index contributed by atoms with van der Waals surface area (Å²) < 4.78 is 23.8. The lowest BCUT2D eigenvalue weighted by Crippen LogP contribution is -2.16. The van der Waals surface area contributed by atoms with Crippen LogP contribution in [-0.2, 0) is 0 Å². The molecule has 0 bridgehead atoms. The van der Waals surface area contributed by atoms with Crippen LogP contribution in [0.5, 0.6) is 0 Å². The van der Waals surface area contributed by atoms with Crippen molar-refractivity contribution in [1.29, 1.82) is 0 Å². The zero-order chi connectivity index (χ0) is 7.56. The highest BCUT2D eigenvalue weighted by molar-refractivity contribution is 5.92. The maximum absolute atomic E-state index is 11.9. The predicted molar refractivity (Wildman–Crippen MR) is 35.2 cm³/mol. The van der Waals surface area contributed by atoms with Crippen molar-refractivity contribution in [2.45, 2.75) is 12.8 Å². The van der Waals surface area contributed by atoms with Gasteiger partial charge in [-0.1, -0.05) is 0 Å². The molecule has 1 rings (SSSR count). The van der Waals surface area contributed by atoms with Gasteiger partial charge in [-0.15, -0.1) is 0 Å². The zero-order valence-corrected chi connectivity index (χ0v) is 5.35. The molecule has 0 aromatic rings. The number of dihydropyridines is 1. The van der Waals surface area contributed by atoms with Gasteiger partial charge in [0.15, 0.2) is 0 Å². The number of alkyl halides is 2. The van der Waals surface area contributed by atoms with Crippen molar-refractivity contribution in [2.24, 2.45) is 10.7 Å². The SMILES string of the molecule is NC1=NCCC(C(F)F)=C1. The second-order valence-corrected chi connectivity index (χ2v) is 2.08. The van der Waals surface area contributed by atoms with Gasteiger partial charge in [0.05, 0.1) is 0 Å². The van der Waals surface area contributed by atoms with Crippen LogP contribution in [0.15, 0.2) is 16.6 Å². The molecule has 0 unspecified atom stereocenters. The predicted octanol–water partition coefficient (Wildman–Crippen LogP) is 0.939. The maximum atomic E-state index is 11.9. The van der Waals surface area contributed by atoms with Crippen molar-refractivity contribution in [2.75, 3.05) is 6.54 Å². The Kier molecular flexibility index (Phi) is 1.99. The van der Waals surface area contributed by atoms with E-state index in [0.717, 1.165) is 0 Å². The number of halogens is 2. The van der Waals surface area contributed by atoms with Crippen LogP contribution >= 0.6 is 0 Å². The highest BCUT2D eigenvalue weighted by Gasteiger charge is 2.13. The Bertz CT molecular complexity index is 184. The molecule has 0 saturated carbocycles. The summed E-state index contributed by atoms with van der Waals surface area (Å²) in [5.41, 5.74) is 5.29. The molecule has 2 N–H and O–H groups in total. The first-order chi connectivity index (χ1) is 4.70. The average Bonchev–Trinajstić information content (AvgIpc) is 1.88. The maximum Gasteiger partial charge on any atom is 0.260 e. The minimum Gasteiger partial charge on any atom is -0.384 e. The molecule has 10 heavy (non-hydrogen) atoms. The van der Waals surface area contributed by atoms with E-state index in [0.29, 0.717) is 13.0 Å². The Morgan fingerprint density at radius 2 is 2.30 bits per heavy atom. The molecule has 4 heteroatoms. The van der Waals surface area contributed by atoms with Crippen molar-refractivity contribution < 1.29 is 8.78 Å². The van der Waals surface area contributed by atoms with E-state index in [1.807, 2.05) is 0 Å². The summed E-state index contributed by atoms with van der Waals surface area (Å²) in [5.74, 6) is 0.210. The molecule has 0 aromatic heterocycles. The summed E-state index contributed by atoms with van der Waals surface area (Å²) in [6.07, 6.45) is -0.805. The summed E-state index contributed by atoms with van der Waals surface area (Å²) in [7, 11) is 0. The van der Waals surface area contributed by atoms with Gasteiger partial charge in [0.1, 0.15) is 5.84 Å². The number of nitrogens with zero attached hydrogens (tertiary/aromatic N) is 1. The number of rotatable bonds is 1. The third kappa shape index (κ3) is 1.52. The zero-order valence-electron chi connectivity index (χ0n) is 5.35. The number of nitrogens with two attached hydrogens (primary N) is 1. The van der Waals surface area contributed by atoms with Crippen LogP contribution < -0.4 is 5.73 Å². The van der Waals surface area contributed by atoms with E-state index in [2.05, 4.69) is 4.99 Å². The van der Waals surface area contributed by atoms with Crippen LogP contribution in [-0.4, -0.2) is 18.8 Å². The highest BCUT2D eigenvalue weighted by atomic mass is 19.3. The summed E-state index contributed by atoms with van der Waals surface area (Å²) in [5, 5.41) is 0. The first-order valence-electron chi connectivity index (χ1n) is 2.98. The van der Waals surface area contributed by atoms with E-state index >= 15 is 0 Å². The van der Waals surface area contributed by atoms with Crippen molar-refractivity contribution >= 4 is 5.84 Å². The molecular weight excluding hydrogens is 138 g/mol. The lowest BCUT2D eigenvalue weighted by atomic mass is 10.1. The van der Waals surface area contributed by atoms with Crippen molar-refractivity contribution in [1.82, 2.24) is 0 Å². The van der Waals surface area contributed by atoms with Gasteiger partial charge >= 0.3 is 0 Å². The van der Waals surface area contributed by atoms with Gasteiger partial charge in [0.25, 0.3) is 6.43 Å². The van der Waals surface area contributed by atoms with Gasteiger partial charge in [-0.05, 0) is 12.5 Å². The van der Waals surface area contributed by atoms with E-state index in [1.54, 1.807) is 0 Å². The van der Waals surface area contributed by atoms with E-state index in [-0.39, 0.29) is 11.4 Å². The number of hydrogen-bond acceptors (Lipinski definition) is 2. The minimum atomic E-state index is -2.38. The van der Waals surface area contributed by atoms with Gasteiger partial charge in [-0.3, -0.25) is 4.99 Å². The molecule has 0 atom stereocenters. The standard InChI is InChI=1S/C6H8F2N2/c7-6(8)4-1-2-10-5(9)3-4/h3,6H,1-2H2,(H2,9,10). The average molecular weight is 146 g/mol. The smallest absolute Gasteiger partial charge is 0.260 e. The molecule has 0 aromatic carbocycles. The van der Waals surface area contributed by atoms with Crippen molar-refractivity contribution in [3.8, 4) is 0 Å². The van der Waals surface area contributed by atoms with Crippen LogP contribution in [0.2, 0.25) is 0 Å². The molecule has 0 radical (unpaired) electrons. The molecule has 2 nitrogen and oxygen atoms in total. The fourth-order valence-corrected chi connectivity index (χ4v) is 0.794. The summed E-state index contributed by atoms with van der Waals surface area (Å²) in [4.78, 5) is 3.75. The van der Waals surface area contributed by atoms with Crippen LogP contribution in [0.4, 0.5) is 8.78 Å². The van der Waals surface area contributed by atoms with Gasteiger partial charge in [0, 0.05) is 12.1 Å². The Balaban J connectivity index is 2.69.